The number of benzene rings is 1. The third kappa shape index (κ3) is 3.95. The Labute approximate surface area is 116 Å². The van der Waals surface area contributed by atoms with E-state index in [1.54, 1.807) is 0 Å². The minimum Gasteiger partial charge on any atom is -0.377 e. The average Bonchev–Trinajstić information content (AvgIpc) is 2.45. The number of rotatable bonds is 5. The largest absolute Gasteiger partial charge is 0.377 e. The van der Waals surface area contributed by atoms with E-state index in [4.69, 9.17) is 4.74 Å². The molecule has 0 aliphatic carbocycles. The second kappa shape index (κ2) is 6.92. The van der Waals surface area contributed by atoms with E-state index in [0.717, 1.165) is 32.7 Å². The summed E-state index contributed by atoms with van der Waals surface area (Å²) in [6.07, 6.45) is 1.14. The molecule has 19 heavy (non-hydrogen) atoms. The predicted molar refractivity (Wildman–Crippen MR) is 80.7 cm³/mol. The highest BCUT2D eigenvalue weighted by molar-refractivity contribution is 5.49. The molecule has 1 aliphatic rings. The van der Waals surface area contributed by atoms with Gasteiger partial charge in [0.1, 0.15) is 0 Å². The first-order chi connectivity index (χ1) is 9.20. The number of ether oxygens (including phenoxy) is 1. The van der Waals surface area contributed by atoms with Gasteiger partial charge in [0.05, 0.1) is 19.3 Å². The van der Waals surface area contributed by atoms with Crippen molar-refractivity contribution in [3.05, 3.63) is 29.8 Å². The minimum absolute atomic E-state index is 0.522. The molecule has 0 aromatic heterocycles. The molecule has 1 aromatic rings. The van der Waals surface area contributed by atoms with Gasteiger partial charge in [-0.05, 0) is 24.1 Å². The topological polar surface area (TPSA) is 24.5 Å². The Bertz CT molecular complexity index is 375. The van der Waals surface area contributed by atoms with Crippen molar-refractivity contribution in [2.24, 2.45) is 0 Å². The molecule has 0 spiro atoms. The van der Waals surface area contributed by atoms with Crippen LogP contribution in [0, 0.1) is 0 Å². The first-order valence-corrected chi connectivity index (χ1v) is 7.37. The Kier molecular flexibility index (Phi) is 5.23. The third-order valence-corrected chi connectivity index (χ3v) is 3.68. The molecule has 2 rings (SSSR count). The lowest BCUT2D eigenvalue weighted by atomic mass is 10.1. The van der Waals surface area contributed by atoms with Gasteiger partial charge in [-0.2, -0.15) is 0 Å². The van der Waals surface area contributed by atoms with Crippen LogP contribution in [0.3, 0.4) is 0 Å². The van der Waals surface area contributed by atoms with Crippen LogP contribution in [0.25, 0.3) is 0 Å². The maximum absolute atomic E-state index is 5.56. The van der Waals surface area contributed by atoms with E-state index in [0.29, 0.717) is 12.1 Å². The SMILES string of the molecule is CCC1COCCN1c1ccc(CNC(C)C)cc1. The van der Waals surface area contributed by atoms with Crippen LogP contribution in [0.15, 0.2) is 24.3 Å². The second-order valence-corrected chi connectivity index (χ2v) is 5.53. The van der Waals surface area contributed by atoms with Gasteiger partial charge < -0.3 is 15.0 Å². The first kappa shape index (κ1) is 14.4. The molecule has 1 heterocycles. The summed E-state index contributed by atoms with van der Waals surface area (Å²) >= 11 is 0. The first-order valence-electron chi connectivity index (χ1n) is 7.37. The maximum atomic E-state index is 5.56. The van der Waals surface area contributed by atoms with E-state index in [-0.39, 0.29) is 0 Å². The fourth-order valence-corrected chi connectivity index (χ4v) is 2.46. The quantitative estimate of drug-likeness (QED) is 0.883. The fraction of sp³-hybridized carbons (Fsp3) is 0.625. The van der Waals surface area contributed by atoms with Crippen molar-refractivity contribution < 1.29 is 4.74 Å². The van der Waals surface area contributed by atoms with Crippen molar-refractivity contribution in [3.63, 3.8) is 0 Å². The molecule has 1 aromatic carbocycles. The molecule has 0 radical (unpaired) electrons. The smallest absolute Gasteiger partial charge is 0.0670 e. The highest BCUT2D eigenvalue weighted by Gasteiger charge is 2.21. The van der Waals surface area contributed by atoms with E-state index in [1.807, 2.05) is 0 Å². The van der Waals surface area contributed by atoms with Gasteiger partial charge in [-0.1, -0.05) is 32.9 Å². The molecule has 3 heteroatoms. The Balaban J connectivity index is 2.00. The lowest BCUT2D eigenvalue weighted by molar-refractivity contribution is 0.0930. The molecule has 1 fully saturated rings. The van der Waals surface area contributed by atoms with Gasteiger partial charge >= 0.3 is 0 Å². The predicted octanol–water partition coefficient (Wildman–Crippen LogP) is 2.80. The van der Waals surface area contributed by atoms with Crippen LogP contribution in [0.2, 0.25) is 0 Å². The molecular weight excluding hydrogens is 236 g/mol. The van der Waals surface area contributed by atoms with Gasteiger partial charge in [0.2, 0.25) is 0 Å². The Hall–Kier alpha value is -1.06. The molecular formula is C16H26N2O. The Morgan fingerprint density at radius 2 is 2.05 bits per heavy atom. The van der Waals surface area contributed by atoms with Crippen LogP contribution in [0.4, 0.5) is 5.69 Å². The van der Waals surface area contributed by atoms with Crippen LogP contribution in [0.1, 0.15) is 32.8 Å². The van der Waals surface area contributed by atoms with Gasteiger partial charge in [0, 0.05) is 24.8 Å². The number of morpholine rings is 1. The molecule has 0 amide bonds. The van der Waals surface area contributed by atoms with Crippen LogP contribution in [0.5, 0.6) is 0 Å². The summed E-state index contributed by atoms with van der Waals surface area (Å²) in [5.74, 6) is 0. The van der Waals surface area contributed by atoms with Crippen molar-refractivity contribution in [2.75, 3.05) is 24.7 Å². The van der Waals surface area contributed by atoms with Gasteiger partial charge in [-0.3, -0.25) is 0 Å². The number of hydrogen-bond donors (Lipinski definition) is 1. The van der Waals surface area contributed by atoms with Crippen LogP contribution < -0.4 is 10.2 Å². The highest BCUT2D eigenvalue weighted by atomic mass is 16.5. The van der Waals surface area contributed by atoms with Gasteiger partial charge in [0.15, 0.2) is 0 Å². The van der Waals surface area contributed by atoms with Crippen LogP contribution in [-0.2, 0) is 11.3 Å². The highest BCUT2D eigenvalue weighted by Crippen LogP contribution is 2.21. The molecule has 106 valence electrons. The average molecular weight is 262 g/mol. The van der Waals surface area contributed by atoms with Crippen LogP contribution in [-0.4, -0.2) is 31.8 Å². The molecule has 1 unspecified atom stereocenters. The van der Waals surface area contributed by atoms with Crippen molar-refractivity contribution in [1.82, 2.24) is 5.32 Å². The molecule has 1 saturated heterocycles. The Morgan fingerprint density at radius 1 is 1.32 bits per heavy atom. The van der Waals surface area contributed by atoms with Crippen molar-refractivity contribution in [3.8, 4) is 0 Å². The number of nitrogens with one attached hydrogen (secondary N) is 1. The molecule has 1 aliphatic heterocycles. The fourth-order valence-electron chi connectivity index (χ4n) is 2.46. The summed E-state index contributed by atoms with van der Waals surface area (Å²) in [5.41, 5.74) is 2.67. The number of nitrogens with zero attached hydrogens (tertiary/aromatic N) is 1. The van der Waals surface area contributed by atoms with Crippen LogP contribution >= 0.6 is 0 Å². The monoisotopic (exact) mass is 262 g/mol. The van der Waals surface area contributed by atoms with E-state index < -0.39 is 0 Å². The van der Waals surface area contributed by atoms with Gasteiger partial charge in [-0.15, -0.1) is 0 Å². The zero-order chi connectivity index (χ0) is 13.7. The molecule has 1 N–H and O–H groups in total. The molecule has 0 bridgehead atoms. The van der Waals surface area contributed by atoms with E-state index >= 15 is 0 Å². The molecule has 1 atom stereocenters. The normalized spacial score (nSPS) is 20.0. The lowest BCUT2D eigenvalue weighted by Crippen LogP contribution is -2.45. The zero-order valence-corrected chi connectivity index (χ0v) is 12.4. The zero-order valence-electron chi connectivity index (χ0n) is 12.4. The van der Waals surface area contributed by atoms with E-state index in [1.165, 1.54) is 11.3 Å². The number of hydrogen-bond acceptors (Lipinski definition) is 3. The molecule has 3 nitrogen and oxygen atoms in total. The van der Waals surface area contributed by atoms with E-state index in [9.17, 15) is 0 Å². The summed E-state index contributed by atoms with van der Waals surface area (Å²) in [7, 11) is 0. The summed E-state index contributed by atoms with van der Waals surface area (Å²) in [6.45, 7) is 10.2. The standard InChI is InChI=1S/C16H26N2O/c1-4-15-12-19-10-9-18(15)16-7-5-14(6-8-16)11-17-13(2)3/h5-8,13,15,17H,4,9-12H2,1-3H3. The van der Waals surface area contributed by atoms with E-state index in [2.05, 4.69) is 55.3 Å². The molecule has 0 saturated carbocycles. The van der Waals surface area contributed by atoms with Gasteiger partial charge in [0.25, 0.3) is 0 Å². The van der Waals surface area contributed by atoms with Gasteiger partial charge in [-0.25, -0.2) is 0 Å². The Morgan fingerprint density at radius 3 is 2.68 bits per heavy atom. The van der Waals surface area contributed by atoms with Crippen molar-refractivity contribution >= 4 is 5.69 Å². The van der Waals surface area contributed by atoms with Crippen molar-refractivity contribution in [1.29, 1.82) is 0 Å². The minimum atomic E-state index is 0.522. The summed E-state index contributed by atoms with van der Waals surface area (Å²) < 4.78 is 5.56. The maximum Gasteiger partial charge on any atom is 0.0670 e. The summed E-state index contributed by atoms with van der Waals surface area (Å²) in [6, 6.07) is 9.99. The van der Waals surface area contributed by atoms with Crippen molar-refractivity contribution in [2.45, 2.75) is 45.8 Å². The second-order valence-electron chi connectivity index (χ2n) is 5.53. The third-order valence-electron chi connectivity index (χ3n) is 3.68. The summed E-state index contributed by atoms with van der Waals surface area (Å²) in [5, 5.41) is 3.45. The lowest BCUT2D eigenvalue weighted by Gasteiger charge is -2.37. The number of anilines is 1. The summed E-state index contributed by atoms with van der Waals surface area (Å²) in [4.78, 5) is 2.48.